The van der Waals surface area contributed by atoms with Crippen LogP contribution in [0.15, 0.2) is 30.3 Å². The number of halogens is 1. The zero-order chi connectivity index (χ0) is 13.1. The predicted octanol–water partition coefficient (Wildman–Crippen LogP) is 3.10. The Kier molecular flexibility index (Phi) is 3.53. The van der Waals surface area contributed by atoms with Gasteiger partial charge in [-0.2, -0.15) is 0 Å². The number of nitro groups is 1. The number of aryl methyl sites for hydroxylation is 1. The molecule has 0 N–H and O–H groups in total. The molecule has 0 aliphatic rings. The summed E-state index contributed by atoms with van der Waals surface area (Å²) in [6.07, 6.45) is 0. The standard InChI is InChI=1S/C12H10ClN3O2/c1-8-6-9(7-13)15-12(14-8)10-4-2-3-5-11(10)16(17)18/h2-6H,7H2,1H3. The van der Waals surface area contributed by atoms with E-state index in [0.717, 1.165) is 5.69 Å². The van der Waals surface area contributed by atoms with Crippen molar-refractivity contribution < 1.29 is 4.92 Å². The molecule has 5 nitrogen and oxygen atoms in total. The maximum absolute atomic E-state index is 11.0. The second-order valence-corrected chi connectivity index (χ2v) is 4.00. The first-order valence-corrected chi connectivity index (χ1v) is 5.79. The van der Waals surface area contributed by atoms with Crippen LogP contribution in [0.1, 0.15) is 11.4 Å². The summed E-state index contributed by atoms with van der Waals surface area (Å²) in [5.41, 5.74) is 1.77. The van der Waals surface area contributed by atoms with Gasteiger partial charge in [0.1, 0.15) is 0 Å². The van der Waals surface area contributed by atoms with Gasteiger partial charge in [0.15, 0.2) is 5.82 Å². The lowest BCUT2D eigenvalue weighted by atomic mass is 10.1. The lowest BCUT2D eigenvalue weighted by Crippen LogP contribution is -1.99. The summed E-state index contributed by atoms with van der Waals surface area (Å²) in [5, 5.41) is 11.0. The summed E-state index contributed by atoms with van der Waals surface area (Å²) in [4.78, 5) is 19.0. The van der Waals surface area contributed by atoms with Crippen LogP contribution in [0.4, 0.5) is 5.69 Å². The van der Waals surface area contributed by atoms with E-state index in [0.29, 0.717) is 17.1 Å². The smallest absolute Gasteiger partial charge is 0.258 e. The Labute approximate surface area is 109 Å². The summed E-state index contributed by atoms with van der Waals surface area (Å²) in [6.45, 7) is 1.80. The second kappa shape index (κ2) is 5.10. The molecule has 1 aromatic carbocycles. The van der Waals surface area contributed by atoms with Crippen LogP contribution in [0.2, 0.25) is 0 Å². The fraction of sp³-hybridized carbons (Fsp3) is 0.167. The van der Waals surface area contributed by atoms with E-state index in [4.69, 9.17) is 11.6 Å². The number of aromatic nitrogens is 2. The van der Waals surface area contributed by atoms with Crippen LogP contribution >= 0.6 is 11.6 Å². The van der Waals surface area contributed by atoms with Crippen LogP contribution in [0.3, 0.4) is 0 Å². The number of alkyl halides is 1. The Morgan fingerprint density at radius 1 is 1.33 bits per heavy atom. The SMILES string of the molecule is Cc1cc(CCl)nc(-c2ccccc2[N+](=O)[O-])n1. The molecule has 0 bridgehead atoms. The molecule has 1 aromatic heterocycles. The van der Waals surface area contributed by atoms with Gasteiger partial charge in [0.05, 0.1) is 22.1 Å². The molecule has 0 spiro atoms. The topological polar surface area (TPSA) is 68.9 Å². The molecule has 0 aliphatic carbocycles. The fourth-order valence-electron chi connectivity index (χ4n) is 1.64. The Bertz CT molecular complexity index is 602. The molecule has 18 heavy (non-hydrogen) atoms. The predicted molar refractivity (Wildman–Crippen MR) is 68.4 cm³/mol. The lowest BCUT2D eigenvalue weighted by Gasteiger charge is -2.04. The van der Waals surface area contributed by atoms with Crippen LogP contribution in [0, 0.1) is 17.0 Å². The van der Waals surface area contributed by atoms with E-state index >= 15 is 0 Å². The molecular formula is C12H10ClN3O2. The molecule has 0 radical (unpaired) electrons. The molecule has 6 heteroatoms. The molecule has 92 valence electrons. The number of nitro benzene ring substituents is 1. The number of hydrogen-bond acceptors (Lipinski definition) is 4. The molecule has 0 saturated heterocycles. The molecular weight excluding hydrogens is 254 g/mol. The molecule has 0 atom stereocenters. The minimum absolute atomic E-state index is 0.0105. The minimum Gasteiger partial charge on any atom is -0.258 e. The first-order chi connectivity index (χ1) is 8.61. The van der Waals surface area contributed by atoms with Crippen LogP contribution < -0.4 is 0 Å². The van der Waals surface area contributed by atoms with Crippen molar-refractivity contribution in [3.8, 4) is 11.4 Å². The lowest BCUT2D eigenvalue weighted by molar-refractivity contribution is -0.384. The van der Waals surface area contributed by atoms with Crippen molar-refractivity contribution in [2.24, 2.45) is 0 Å². The summed E-state index contributed by atoms with van der Waals surface area (Å²) in [7, 11) is 0. The quantitative estimate of drug-likeness (QED) is 0.485. The van der Waals surface area contributed by atoms with Gasteiger partial charge in [0.2, 0.25) is 0 Å². The van der Waals surface area contributed by atoms with Crippen molar-refractivity contribution in [3.63, 3.8) is 0 Å². The minimum atomic E-state index is -0.443. The van der Waals surface area contributed by atoms with Crippen molar-refractivity contribution in [2.75, 3.05) is 0 Å². The summed E-state index contributed by atoms with van der Waals surface area (Å²) in [5.74, 6) is 0.578. The number of nitrogens with zero attached hydrogens (tertiary/aromatic N) is 3. The van der Waals surface area contributed by atoms with E-state index in [1.807, 2.05) is 0 Å². The average Bonchev–Trinajstić information content (AvgIpc) is 2.38. The normalized spacial score (nSPS) is 10.3. The Hall–Kier alpha value is -2.01. The van der Waals surface area contributed by atoms with E-state index in [-0.39, 0.29) is 11.6 Å². The Morgan fingerprint density at radius 2 is 2.06 bits per heavy atom. The van der Waals surface area contributed by atoms with E-state index < -0.39 is 4.92 Å². The van der Waals surface area contributed by atoms with Gasteiger partial charge in [-0.3, -0.25) is 10.1 Å². The zero-order valence-corrected chi connectivity index (χ0v) is 10.4. The van der Waals surface area contributed by atoms with Gasteiger partial charge < -0.3 is 0 Å². The number of benzene rings is 1. The highest BCUT2D eigenvalue weighted by atomic mass is 35.5. The van der Waals surface area contributed by atoms with Crippen LogP contribution in [0.25, 0.3) is 11.4 Å². The van der Waals surface area contributed by atoms with Crippen molar-refractivity contribution >= 4 is 17.3 Å². The summed E-state index contributed by atoms with van der Waals surface area (Å²) >= 11 is 5.74. The molecule has 2 rings (SSSR count). The van der Waals surface area contributed by atoms with Crippen LogP contribution in [-0.2, 0) is 5.88 Å². The molecule has 0 saturated carbocycles. The average molecular weight is 264 g/mol. The summed E-state index contributed by atoms with van der Waals surface area (Å²) < 4.78 is 0. The van der Waals surface area contributed by atoms with Gasteiger partial charge in [0.25, 0.3) is 5.69 Å². The highest BCUT2D eigenvalue weighted by Crippen LogP contribution is 2.27. The molecule has 1 heterocycles. The van der Waals surface area contributed by atoms with Gasteiger partial charge in [-0.15, -0.1) is 11.6 Å². The van der Waals surface area contributed by atoms with E-state index in [1.165, 1.54) is 6.07 Å². The van der Waals surface area contributed by atoms with Crippen molar-refractivity contribution in [2.45, 2.75) is 12.8 Å². The first kappa shape index (κ1) is 12.4. The van der Waals surface area contributed by atoms with Gasteiger partial charge in [-0.25, -0.2) is 9.97 Å². The highest BCUT2D eigenvalue weighted by Gasteiger charge is 2.17. The molecule has 0 amide bonds. The number of hydrogen-bond donors (Lipinski definition) is 0. The van der Waals surface area contributed by atoms with Gasteiger partial charge in [0, 0.05) is 11.8 Å². The third-order valence-electron chi connectivity index (χ3n) is 2.39. The molecule has 0 unspecified atom stereocenters. The molecule has 0 aliphatic heterocycles. The van der Waals surface area contributed by atoms with Crippen LogP contribution in [0.5, 0.6) is 0 Å². The molecule has 2 aromatic rings. The van der Waals surface area contributed by atoms with Gasteiger partial charge in [-0.05, 0) is 19.1 Å². The second-order valence-electron chi connectivity index (χ2n) is 3.73. The third kappa shape index (κ3) is 2.46. The van der Waals surface area contributed by atoms with Gasteiger partial charge in [-0.1, -0.05) is 12.1 Å². The number of para-hydroxylation sites is 1. The third-order valence-corrected chi connectivity index (χ3v) is 2.66. The Morgan fingerprint density at radius 3 is 2.72 bits per heavy atom. The Balaban J connectivity index is 2.61. The summed E-state index contributed by atoms with van der Waals surface area (Å²) in [6, 6.07) is 8.14. The van der Waals surface area contributed by atoms with Crippen molar-refractivity contribution in [3.05, 3.63) is 51.8 Å². The van der Waals surface area contributed by atoms with Crippen molar-refractivity contribution in [1.29, 1.82) is 0 Å². The van der Waals surface area contributed by atoms with Crippen LogP contribution in [-0.4, -0.2) is 14.9 Å². The van der Waals surface area contributed by atoms with E-state index in [1.54, 1.807) is 31.2 Å². The largest absolute Gasteiger partial charge is 0.280 e. The fourth-order valence-corrected chi connectivity index (χ4v) is 1.78. The number of rotatable bonds is 3. The maximum atomic E-state index is 11.0. The zero-order valence-electron chi connectivity index (χ0n) is 9.63. The first-order valence-electron chi connectivity index (χ1n) is 5.26. The van der Waals surface area contributed by atoms with E-state index in [9.17, 15) is 10.1 Å². The van der Waals surface area contributed by atoms with Crippen molar-refractivity contribution in [1.82, 2.24) is 9.97 Å². The van der Waals surface area contributed by atoms with Gasteiger partial charge >= 0.3 is 0 Å². The maximum Gasteiger partial charge on any atom is 0.280 e. The monoisotopic (exact) mass is 263 g/mol. The highest BCUT2D eigenvalue weighted by molar-refractivity contribution is 6.16. The van der Waals surface area contributed by atoms with E-state index in [2.05, 4.69) is 9.97 Å². The molecule has 0 fully saturated rings.